The maximum absolute atomic E-state index is 13.8. The zero-order valence-corrected chi connectivity index (χ0v) is 20.1. The van der Waals surface area contributed by atoms with Gasteiger partial charge >= 0.3 is 0 Å². The van der Waals surface area contributed by atoms with Crippen molar-refractivity contribution in [3.63, 3.8) is 0 Å². The fourth-order valence-corrected chi connectivity index (χ4v) is 4.87. The topological polar surface area (TPSA) is 93.0 Å². The first-order chi connectivity index (χ1) is 17.6. The molecule has 1 N–H and O–H groups in total. The van der Waals surface area contributed by atoms with Crippen LogP contribution >= 0.6 is 0 Å². The quantitative estimate of drug-likeness (QED) is 0.454. The van der Waals surface area contributed by atoms with Crippen molar-refractivity contribution in [2.24, 2.45) is 0 Å². The molecule has 0 unspecified atom stereocenters. The normalized spacial score (nSPS) is 15.8. The number of likely N-dealkylation sites (tertiary alicyclic amines) is 1. The lowest BCUT2D eigenvalue weighted by atomic mass is 9.71. The van der Waals surface area contributed by atoms with Crippen molar-refractivity contribution in [2.45, 2.75) is 31.2 Å². The Morgan fingerprint density at radius 3 is 2.14 bits per heavy atom. The summed E-state index contributed by atoms with van der Waals surface area (Å²) in [5.74, 6) is -0.0408. The van der Waals surface area contributed by atoms with E-state index < -0.39 is 5.41 Å². The van der Waals surface area contributed by atoms with E-state index in [4.69, 9.17) is 0 Å². The van der Waals surface area contributed by atoms with E-state index in [0.29, 0.717) is 31.5 Å². The number of nitrogens with zero attached hydrogens (tertiary/aromatic N) is 5. The molecule has 0 aliphatic carbocycles. The Morgan fingerprint density at radius 2 is 1.53 bits per heavy atom. The van der Waals surface area contributed by atoms with E-state index in [2.05, 4.69) is 20.8 Å². The van der Waals surface area contributed by atoms with Crippen LogP contribution in [0.15, 0.2) is 91.3 Å². The maximum atomic E-state index is 13.8. The molecule has 0 spiro atoms. The van der Waals surface area contributed by atoms with Gasteiger partial charge in [0.2, 0.25) is 5.91 Å². The minimum Gasteiger partial charge on any atom is -0.349 e. The number of nitrogens with one attached hydrogen (secondary N) is 1. The van der Waals surface area contributed by atoms with Crippen LogP contribution in [0.25, 0.3) is 5.69 Å². The second kappa shape index (κ2) is 10.1. The number of amides is 2. The predicted octanol–water partition coefficient (Wildman–Crippen LogP) is 3.71. The Balaban J connectivity index is 1.32. The molecule has 0 radical (unpaired) electrons. The highest BCUT2D eigenvalue weighted by Crippen LogP contribution is 2.37. The summed E-state index contributed by atoms with van der Waals surface area (Å²) in [6.07, 6.45) is 2.62. The van der Waals surface area contributed by atoms with Crippen molar-refractivity contribution in [1.29, 1.82) is 0 Å². The average Bonchev–Trinajstić information content (AvgIpc) is 3.49. The number of piperidine rings is 1. The molecule has 3 aromatic carbocycles. The van der Waals surface area contributed by atoms with E-state index in [-0.39, 0.29) is 17.9 Å². The molecule has 1 aromatic heterocycles. The third-order valence-corrected chi connectivity index (χ3v) is 7.04. The Bertz CT molecular complexity index is 1300. The summed E-state index contributed by atoms with van der Waals surface area (Å²) in [7, 11) is 0. The third-order valence-electron chi connectivity index (χ3n) is 7.04. The van der Waals surface area contributed by atoms with Gasteiger partial charge in [-0.3, -0.25) is 9.59 Å². The summed E-state index contributed by atoms with van der Waals surface area (Å²) in [4.78, 5) is 28.9. The monoisotopic (exact) mass is 480 g/mol. The van der Waals surface area contributed by atoms with Crippen molar-refractivity contribution < 1.29 is 9.59 Å². The number of hydrogen-bond acceptors (Lipinski definition) is 5. The third kappa shape index (κ3) is 4.62. The molecule has 5 rings (SSSR count). The highest BCUT2D eigenvalue weighted by molar-refractivity contribution is 5.95. The van der Waals surface area contributed by atoms with Crippen molar-refractivity contribution in [3.8, 4) is 5.69 Å². The standard InChI is InChI=1S/C28H28N6O2/c1-21(22-8-4-2-5-9-22)30-27(36)28(24-10-6-3-7-11-24)16-18-33(19-17-28)26(35)23-12-14-25(15-13-23)34-20-29-31-32-34/h2-15,20-21H,16-19H2,1H3,(H,30,36)/t21-/m0/s1. The molecule has 1 fully saturated rings. The fourth-order valence-electron chi connectivity index (χ4n) is 4.87. The SMILES string of the molecule is C[C@H](NC(=O)C1(c2ccccc2)CCN(C(=O)c2ccc(-n3cnnn3)cc2)CC1)c1ccccc1. The van der Waals surface area contributed by atoms with Crippen molar-refractivity contribution in [3.05, 3.63) is 108 Å². The second-order valence-electron chi connectivity index (χ2n) is 9.15. The number of rotatable bonds is 6. The Labute approximate surface area is 209 Å². The van der Waals surface area contributed by atoms with Gasteiger partial charge in [-0.05, 0) is 65.6 Å². The van der Waals surface area contributed by atoms with Gasteiger partial charge in [0.15, 0.2) is 0 Å². The van der Waals surface area contributed by atoms with Crippen molar-refractivity contribution in [2.75, 3.05) is 13.1 Å². The van der Waals surface area contributed by atoms with Crippen LogP contribution in [0.5, 0.6) is 0 Å². The zero-order chi connectivity index (χ0) is 25.0. The lowest BCUT2D eigenvalue weighted by Gasteiger charge is -2.41. The first-order valence-electron chi connectivity index (χ1n) is 12.1. The van der Waals surface area contributed by atoms with Crippen molar-refractivity contribution in [1.82, 2.24) is 30.4 Å². The number of carbonyl (C=O) groups excluding carboxylic acids is 2. The van der Waals surface area contributed by atoms with Gasteiger partial charge in [-0.1, -0.05) is 60.7 Å². The first-order valence-corrected chi connectivity index (χ1v) is 12.1. The molecule has 1 saturated heterocycles. The molecule has 2 heterocycles. The molecule has 1 atom stereocenters. The molecule has 8 nitrogen and oxygen atoms in total. The molecule has 1 aliphatic rings. The summed E-state index contributed by atoms with van der Waals surface area (Å²) in [6, 6.07) is 27.0. The average molecular weight is 481 g/mol. The first kappa shape index (κ1) is 23.4. The molecular formula is C28H28N6O2. The smallest absolute Gasteiger partial charge is 0.253 e. The zero-order valence-electron chi connectivity index (χ0n) is 20.1. The Hall–Kier alpha value is -4.33. The number of hydrogen-bond donors (Lipinski definition) is 1. The highest BCUT2D eigenvalue weighted by atomic mass is 16.2. The molecule has 2 amide bonds. The van der Waals surface area contributed by atoms with E-state index in [0.717, 1.165) is 16.8 Å². The molecular weight excluding hydrogens is 452 g/mol. The van der Waals surface area contributed by atoms with Gasteiger partial charge in [0.1, 0.15) is 6.33 Å². The summed E-state index contributed by atoms with van der Waals surface area (Å²) in [5, 5.41) is 14.4. The summed E-state index contributed by atoms with van der Waals surface area (Å²) in [5.41, 5.74) is 2.74. The molecule has 36 heavy (non-hydrogen) atoms. The van der Waals surface area contributed by atoms with E-state index in [1.165, 1.54) is 6.33 Å². The van der Waals surface area contributed by atoms with Crippen LogP contribution in [0.3, 0.4) is 0 Å². The second-order valence-corrected chi connectivity index (χ2v) is 9.15. The molecule has 8 heteroatoms. The number of benzene rings is 3. The van der Waals surface area contributed by atoms with Crippen molar-refractivity contribution >= 4 is 11.8 Å². The lowest BCUT2D eigenvalue weighted by molar-refractivity contribution is -0.129. The van der Waals surface area contributed by atoms with Gasteiger partial charge < -0.3 is 10.2 Å². The number of aromatic nitrogens is 4. The summed E-state index contributed by atoms with van der Waals surface area (Å²) < 4.78 is 1.54. The van der Waals surface area contributed by atoms with E-state index in [1.807, 2.05) is 84.6 Å². The van der Waals surface area contributed by atoms with Crippen LogP contribution in [0.2, 0.25) is 0 Å². The number of tetrazole rings is 1. The van der Waals surface area contributed by atoms with Gasteiger partial charge in [0.25, 0.3) is 5.91 Å². The minimum absolute atomic E-state index is 0.00273. The molecule has 0 saturated carbocycles. The van der Waals surface area contributed by atoms with Crippen LogP contribution in [-0.4, -0.2) is 50.0 Å². The lowest BCUT2D eigenvalue weighted by Crippen LogP contribution is -2.53. The van der Waals surface area contributed by atoms with Crippen LogP contribution in [-0.2, 0) is 10.2 Å². The predicted molar refractivity (Wildman–Crippen MR) is 135 cm³/mol. The maximum Gasteiger partial charge on any atom is 0.253 e. The summed E-state index contributed by atoms with van der Waals surface area (Å²) in [6.45, 7) is 2.99. The van der Waals surface area contributed by atoms with Crippen LogP contribution in [0, 0.1) is 0 Å². The summed E-state index contributed by atoms with van der Waals surface area (Å²) >= 11 is 0. The van der Waals surface area contributed by atoms with E-state index in [1.54, 1.807) is 16.8 Å². The molecule has 1 aliphatic heterocycles. The van der Waals surface area contributed by atoms with Gasteiger partial charge in [-0.2, -0.15) is 0 Å². The van der Waals surface area contributed by atoms with E-state index in [9.17, 15) is 9.59 Å². The Kier molecular flexibility index (Phi) is 6.58. The fraction of sp³-hybridized carbons (Fsp3) is 0.250. The van der Waals surface area contributed by atoms with Gasteiger partial charge in [0, 0.05) is 18.7 Å². The van der Waals surface area contributed by atoms with Crippen LogP contribution in [0.1, 0.15) is 47.3 Å². The molecule has 4 aromatic rings. The molecule has 182 valence electrons. The van der Waals surface area contributed by atoms with E-state index >= 15 is 0 Å². The van der Waals surface area contributed by atoms with Crippen LogP contribution in [0.4, 0.5) is 0 Å². The molecule has 0 bridgehead atoms. The van der Waals surface area contributed by atoms with Crippen LogP contribution < -0.4 is 5.32 Å². The highest BCUT2D eigenvalue weighted by Gasteiger charge is 2.44. The largest absolute Gasteiger partial charge is 0.349 e. The number of carbonyl (C=O) groups is 2. The van der Waals surface area contributed by atoms with Gasteiger partial charge in [-0.25, -0.2) is 4.68 Å². The Morgan fingerprint density at radius 1 is 0.889 bits per heavy atom. The van der Waals surface area contributed by atoms with Gasteiger partial charge in [0.05, 0.1) is 17.1 Å². The van der Waals surface area contributed by atoms with Gasteiger partial charge in [-0.15, -0.1) is 5.10 Å². The minimum atomic E-state index is -0.689.